The second kappa shape index (κ2) is 9.85. The molecule has 4 rings (SSSR count). The third-order valence-electron chi connectivity index (χ3n) is 4.99. The zero-order chi connectivity index (χ0) is 22.6. The van der Waals surface area contributed by atoms with Gasteiger partial charge in [-0.15, -0.1) is 11.3 Å². The van der Waals surface area contributed by atoms with Gasteiger partial charge in [0.2, 0.25) is 0 Å². The number of nitrogens with one attached hydrogen (secondary N) is 2. The van der Waals surface area contributed by atoms with Gasteiger partial charge in [-0.05, 0) is 60.9 Å². The third-order valence-corrected chi connectivity index (χ3v) is 7.75. The number of aliphatic imine (C=N–C) groups is 1. The monoisotopic (exact) mass is 487 g/mol. The van der Waals surface area contributed by atoms with E-state index in [1.807, 2.05) is 18.2 Å². The molecule has 0 unspecified atom stereocenters. The van der Waals surface area contributed by atoms with E-state index >= 15 is 0 Å². The van der Waals surface area contributed by atoms with Gasteiger partial charge < -0.3 is 5.32 Å². The topological polar surface area (TPSA) is 87.6 Å². The summed E-state index contributed by atoms with van der Waals surface area (Å²) in [7, 11) is -3.77. The van der Waals surface area contributed by atoms with Gasteiger partial charge in [0.15, 0.2) is 0 Å². The Morgan fingerprint density at radius 3 is 2.62 bits per heavy atom. The van der Waals surface area contributed by atoms with Gasteiger partial charge >= 0.3 is 0 Å². The Hall–Kier alpha value is -2.68. The zero-order valence-electron chi connectivity index (χ0n) is 17.2. The number of halogens is 1. The maximum Gasteiger partial charge on any atom is 0.265 e. The van der Waals surface area contributed by atoms with E-state index in [0.29, 0.717) is 34.4 Å². The highest BCUT2D eigenvalue weighted by Crippen LogP contribution is 2.29. The van der Waals surface area contributed by atoms with Crippen LogP contribution in [0.1, 0.15) is 35.4 Å². The molecule has 1 amide bonds. The number of hydrogen-bond donors (Lipinski definition) is 2. The molecule has 166 valence electrons. The lowest BCUT2D eigenvalue weighted by Crippen LogP contribution is -2.30. The number of anilines is 1. The van der Waals surface area contributed by atoms with Crippen molar-refractivity contribution < 1.29 is 13.2 Å². The smallest absolute Gasteiger partial charge is 0.265 e. The van der Waals surface area contributed by atoms with Crippen LogP contribution in [0.15, 0.2) is 70.6 Å². The van der Waals surface area contributed by atoms with E-state index in [-0.39, 0.29) is 10.8 Å². The molecule has 2 heterocycles. The molecule has 1 aliphatic rings. The Bertz CT molecular complexity index is 1250. The summed E-state index contributed by atoms with van der Waals surface area (Å²) in [6.07, 6.45) is 3.54. The van der Waals surface area contributed by atoms with E-state index in [1.54, 1.807) is 30.3 Å². The average molecular weight is 488 g/mol. The van der Waals surface area contributed by atoms with Crippen molar-refractivity contribution >= 4 is 50.4 Å². The van der Waals surface area contributed by atoms with Crippen molar-refractivity contribution in [3.05, 3.63) is 70.6 Å². The molecule has 3 aromatic rings. The number of thiophene rings is 1. The highest BCUT2D eigenvalue weighted by molar-refractivity contribution is 7.90. The van der Waals surface area contributed by atoms with Gasteiger partial charge in [0.1, 0.15) is 5.84 Å². The van der Waals surface area contributed by atoms with Crippen LogP contribution in [-0.2, 0) is 10.0 Å². The van der Waals surface area contributed by atoms with Crippen LogP contribution in [0.2, 0.25) is 5.02 Å². The molecule has 0 saturated heterocycles. The first kappa shape index (κ1) is 22.5. The maximum absolute atomic E-state index is 12.8. The first-order valence-electron chi connectivity index (χ1n) is 10.2. The number of carbonyl (C=O) groups excluding carboxylic acids is 1. The fraction of sp³-hybridized carbons (Fsp3) is 0.217. The molecule has 0 spiro atoms. The van der Waals surface area contributed by atoms with Crippen LogP contribution < -0.4 is 10.0 Å². The molecule has 6 nitrogen and oxygen atoms in total. The number of carbonyl (C=O) groups is 1. The number of rotatable bonds is 5. The van der Waals surface area contributed by atoms with Crippen molar-refractivity contribution in [3.8, 4) is 10.4 Å². The lowest BCUT2D eigenvalue weighted by Gasteiger charge is -2.11. The van der Waals surface area contributed by atoms with Crippen LogP contribution in [0.3, 0.4) is 0 Å². The number of sulfonamides is 1. The number of hydrogen-bond acceptors (Lipinski definition) is 5. The van der Waals surface area contributed by atoms with Crippen molar-refractivity contribution in [3.63, 3.8) is 0 Å². The van der Waals surface area contributed by atoms with Crippen molar-refractivity contribution in [2.24, 2.45) is 4.99 Å². The van der Waals surface area contributed by atoms with Crippen LogP contribution in [0.4, 0.5) is 5.69 Å². The summed E-state index contributed by atoms with van der Waals surface area (Å²) < 4.78 is 28.2. The summed E-state index contributed by atoms with van der Waals surface area (Å²) >= 11 is 7.29. The van der Waals surface area contributed by atoms with Crippen LogP contribution in [-0.4, -0.2) is 26.7 Å². The second-order valence-electron chi connectivity index (χ2n) is 7.40. The Kier molecular flexibility index (Phi) is 6.93. The number of amidine groups is 1. The van der Waals surface area contributed by atoms with Gasteiger partial charge in [0, 0.05) is 28.6 Å². The van der Waals surface area contributed by atoms with E-state index in [9.17, 15) is 13.2 Å². The van der Waals surface area contributed by atoms with Crippen LogP contribution in [0, 0.1) is 0 Å². The Labute approximate surface area is 196 Å². The summed E-state index contributed by atoms with van der Waals surface area (Å²) in [5, 5.41) is 3.44. The second-order valence-corrected chi connectivity index (χ2v) is 10.6. The summed E-state index contributed by atoms with van der Waals surface area (Å²) in [4.78, 5) is 18.6. The van der Waals surface area contributed by atoms with Gasteiger partial charge in [-0.1, -0.05) is 36.2 Å². The molecule has 2 N–H and O–H groups in total. The third kappa shape index (κ3) is 5.56. The first-order valence-corrected chi connectivity index (χ1v) is 12.9. The van der Waals surface area contributed by atoms with Crippen molar-refractivity contribution in [2.75, 3.05) is 11.9 Å². The van der Waals surface area contributed by atoms with E-state index in [1.165, 1.54) is 23.5 Å². The molecule has 1 aromatic heterocycles. The lowest BCUT2D eigenvalue weighted by molar-refractivity contribution is 0.103. The standard InChI is InChI=1S/C23H22ClN3O3S2/c24-17-10-8-16(9-11-17)20-12-13-21(31-20)23(28)26-18-5-4-6-19(15-18)32(29,30)27-22-7-2-1-3-14-25-22/h4-6,8-13,15H,1-3,7,14H2,(H,25,27)(H,26,28). The molecule has 0 aliphatic carbocycles. The minimum absolute atomic E-state index is 0.0790. The minimum atomic E-state index is -3.77. The van der Waals surface area contributed by atoms with Gasteiger partial charge in [-0.25, -0.2) is 8.42 Å². The van der Waals surface area contributed by atoms with Gasteiger partial charge in [0.05, 0.1) is 9.77 Å². The molecule has 0 bridgehead atoms. The zero-order valence-corrected chi connectivity index (χ0v) is 19.6. The lowest BCUT2D eigenvalue weighted by atomic mass is 10.2. The van der Waals surface area contributed by atoms with E-state index in [4.69, 9.17) is 11.6 Å². The highest BCUT2D eigenvalue weighted by atomic mass is 35.5. The summed E-state index contributed by atoms with van der Waals surface area (Å²) in [5.74, 6) is 0.191. The number of benzene rings is 2. The molecule has 0 saturated carbocycles. The molecule has 0 atom stereocenters. The molecule has 32 heavy (non-hydrogen) atoms. The Morgan fingerprint density at radius 2 is 1.81 bits per heavy atom. The van der Waals surface area contributed by atoms with Crippen LogP contribution in [0.5, 0.6) is 0 Å². The quantitative estimate of drug-likeness (QED) is 0.493. The maximum atomic E-state index is 12.8. The number of nitrogens with zero attached hydrogens (tertiary/aromatic N) is 1. The predicted octanol–water partition coefficient (Wildman–Crippen LogP) is 5.57. The van der Waals surface area contributed by atoms with E-state index in [2.05, 4.69) is 15.0 Å². The number of amides is 1. The normalized spacial score (nSPS) is 14.3. The fourth-order valence-corrected chi connectivity index (χ4v) is 5.50. The molecular weight excluding hydrogens is 466 g/mol. The van der Waals surface area contributed by atoms with Gasteiger partial charge in [-0.3, -0.25) is 14.5 Å². The molecule has 9 heteroatoms. The average Bonchev–Trinajstić information content (AvgIpc) is 3.14. The van der Waals surface area contributed by atoms with Crippen molar-refractivity contribution in [1.82, 2.24) is 4.72 Å². The van der Waals surface area contributed by atoms with Crippen molar-refractivity contribution in [1.29, 1.82) is 0 Å². The molecule has 0 fully saturated rings. The summed E-state index contributed by atoms with van der Waals surface area (Å²) in [6.45, 7) is 0.632. The highest BCUT2D eigenvalue weighted by Gasteiger charge is 2.18. The van der Waals surface area contributed by atoms with Gasteiger partial charge in [-0.2, -0.15) is 0 Å². The fourth-order valence-electron chi connectivity index (χ4n) is 3.33. The summed E-state index contributed by atoms with van der Waals surface area (Å²) in [5.41, 5.74) is 1.38. The molecule has 0 radical (unpaired) electrons. The minimum Gasteiger partial charge on any atom is -0.321 e. The van der Waals surface area contributed by atoms with E-state index < -0.39 is 10.0 Å². The Morgan fingerprint density at radius 1 is 1.00 bits per heavy atom. The van der Waals surface area contributed by atoms with Crippen LogP contribution in [0.25, 0.3) is 10.4 Å². The van der Waals surface area contributed by atoms with Crippen LogP contribution >= 0.6 is 22.9 Å². The molecule has 1 aliphatic heterocycles. The molecular formula is C23H22ClN3O3S2. The molecule has 2 aromatic carbocycles. The first-order chi connectivity index (χ1) is 15.4. The van der Waals surface area contributed by atoms with E-state index in [0.717, 1.165) is 29.7 Å². The largest absolute Gasteiger partial charge is 0.321 e. The SMILES string of the molecule is O=C(Nc1cccc(S(=O)(=O)NC2=NCCCCC2)c1)c1ccc(-c2ccc(Cl)cc2)s1. The predicted molar refractivity (Wildman–Crippen MR) is 130 cm³/mol. The Balaban J connectivity index is 1.47. The summed E-state index contributed by atoms with van der Waals surface area (Å²) in [6, 6.07) is 17.2. The van der Waals surface area contributed by atoms with Gasteiger partial charge in [0.25, 0.3) is 15.9 Å². The van der Waals surface area contributed by atoms with Crippen molar-refractivity contribution in [2.45, 2.75) is 30.6 Å².